The smallest absolute Gasteiger partial charge is 0.260 e. The van der Waals surface area contributed by atoms with E-state index in [9.17, 15) is 18.3 Å². The Morgan fingerprint density at radius 1 is 1.30 bits per heavy atom. The van der Waals surface area contributed by atoms with Crippen molar-refractivity contribution in [2.75, 3.05) is 24.2 Å². The van der Waals surface area contributed by atoms with E-state index in [1.165, 1.54) is 19.4 Å². The molecule has 27 heavy (non-hydrogen) atoms. The molecule has 2 aromatic rings. The van der Waals surface area contributed by atoms with Gasteiger partial charge in [0, 0.05) is 0 Å². The first-order chi connectivity index (χ1) is 12.7. The molecule has 0 aromatic heterocycles. The SMILES string of the molecule is COc1cc(/C=N\NC(=O)CN(c2ccccc2C)S(C)(=O)=O)ccc1O. The predicted octanol–water partition coefficient (Wildman–Crippen LogP) is 1.63. The number of methoxy groups -OCH3 is 1. The average Bonchev–Trinajstić information content (AvgIpc) is 2.61. The van der Waals surface area contributed by atoms with Crippen LogP contribution in [0.3, 0.4) is 0 Å². The molecule has 0 radical (unpaired) electrons. The van der Waals surface area contributed by atoms with Crippen molar-refractivity contribution in [2.45, 2.75) is 6.92 Å². The summed E-state index contributed by atoms with van der Waals surface area (Å²) in [5, 5.41) is 13.4. The maximum Gasteiger partial charge on any atom is 0.260 e. The Balaban J connectivity index is 2.09. The molecule has 144 valence electrons. The summed E-state index contributed by atoms with van der Waals surface area (Å²) >= 11 is 0. The molecule has 0 heterocycles. The van der Waals surface area contributed by atoms with Gasteiger partial charge in [0.25, 0.3) is 5.91 Å². The minimum Gasteiger partial charge on any atom is -0.504 e. The molecular formula is C18H21N3O5S. The zero-order valence-corrected chi connectivity index (χ0v) is 16.0. The number of aromatic hydroxyl groups is 1. The molecular weight excluding hydrogens is 370 g/mol. The number of hydrazone groups is 1. The Labute approximate surface area is 158 Å². The number of ether oxygens (including phenoxy) is 1. The van der Waals surface area contributed by atoms with E-state index in [4.69, 9.17) is 4.74 Å². The van der Waals surface area contributed by atoms with Crippen molar-refractivity contribution in [3.8, 4) is 11.5 Å². The Hall–Kier alpha value is -3.07. The molecule has 0 bridgehead atoms. The second-order valence-electron chi connectivity index (χ2n) is 5.78. The maximum atomic E-state index is 12.2. The molecule has 0 aliphatic rings. The lowest BCUT2D eigenvalue weighted by atomic mass is 10.2. The average molecular weight is 391 g/mol. The summed E-state index contributed by atoms with van der Waals surface area (Å²) in [4.78, 5) is 12.2. The highest BCUT2D eigenvalue weighted by molar-refractivity contribution is 7.92. The number of rotatable bonds is 7. The third-order valence-corrected chi connectivity index (χ3v) is 4.80. The fourth-order valence-corrected chi connectivity index (χ4v) is 3.26. The minimum absolute atomic E-state index is 0.0132. The van der Waals surface area contributed by atoms with Gasteiger partial charge >= 0.3 is 0 Å². The number of nitrogens with one attached hydrogen (secondary N) is 1. The number of hydrogen-bond donors (Lipinski definition) is 2. The topological polar surface area (TPSA) is 108 Å². The molecule has 8 nitrogen and oxygen atoms in total. The maximum absolute atomic E-state index is 12.2. The van der Waals surface area contributed by atoms with Crippen molar-refractivity contribution >= 4 is 27.8 Å². The van der Waals surface area contributed by atoms with Gasteiger partial charge in [-0.05, 0) is 42.3 Å². The molecule has 0 saturated carbocycles. The molecule has 1 amide bonds. The van der Waals surface area contributed by atoms with Gasteiger partial charge in [0.05, 0.1) is 25.3 Å². The van der Waals surface area contributed by atoms with Crippen LogP contribution in [0.25, 0.3) is 0 Å². The van der Waals surface area contributed by atoms with Crippen LogP contribution in [0.5, 0.6) is 11.5 Å². The molecule has 0 aliphatic carbocycles. The monoisotopic (exact) mass is 391 g/mol. The van der Waals surface area contributed by atoms with E-state index in [0.29, 0.717) is 11.3 Å². The molecule has 2 aromatic carbocycles. The van der Waals surface area contributed by atoms with E-state index < -0.39 is 22.5 Å². The summed E-state index contributed by atoms with van der Waals surface area (Å²) in [6.45, 7) is 1.36. The van der Waals surface area contributed by atoms with Crippen LogP contribution >= 0.6 is 0 Å². The number of sulfonamides is 1. The number of benzene rings is 2. The molecule has 0 atom stereocenters. The quantitative estimate of drug-likeness (QED) is 0.551. The first-order valence-electron chi connectivity index (χ1n) is 7.94. The summed E-state index contributed by atoms with van der Waals surface area (Å²) < 4.78 is 30.2. The van der Waals surface area contributed by atoms with Gasteiger partial charge in [-0.1, -0.05) is 18.2 Å². The third kappa shape index (κ3) is 5.45. The van der Waals surface area contributed by atoms with E-state index in [1.54, 1.807) is 43.3 Å². The van der Waals surface area contributed by atoms with Crippen molar-refractivity contribution in [1.29, 1.82) is 0 Å². The standard InChI is InChI=1S/C18H21N3O5S/c1-13-6-4-5-7-15(13)21(27(3,24)25)12-18(23)20-19-11-14-8-9-16(22)17(10-14)26-2/h4-11,22H,12H2,1-3H3,(H,20,23)/b19-11-. The second kappa shape index (κ2) is 8.54. The van der Waals surface area contributed by atoms with Crippen molar-refractivity contribution in [1.82, 2.24) is 5.43 Å². The summed E-state index contributed by atoms with van der Waals surface area (Å²) in [5.41, 5.74) is 4.05. The van der Waals surface area contributed by atoms with Crippen molar-refractivity contribution in [3.05, 3.63) is 53.6 Å². The van der Waals surface area contributed by atoms with Gasteiger partial charge in [0.1, 0.15) is 6.54 Å². The van der Waals surface area contributed by atoms with Gasteiger partial charge in [-0.25, -0.2) is 13.8 Å². The van der Waals surface area contributed by atoms with Crippen LogP contribution in [0.4, 0.5) is 5.69 Å². The molecule has 0 unspecified atom stereocenters. The second-order valence-corrected chi connectivity index (χ2v) is 7.69. The van der Waals surface area contributed by atoms with Crippen LogP contribution in [0, 0.1) is 6.92 Å². The first kappa shape index (κ1) is 20.2. The Kier molecular flexibility index (Phi) is 6.40. The molecule has 2 N–H and O–H groups in total. The van der Waals surface area contributed by atoms with Crippen molar-refractivity contribution in [3.63, 3.8) is 0 Å². The van der Waals surface area contributed by atoms with E-state index in [2.05, 4.69) is 10.5 Å². The van der Waals surface area contributed by atoms with Gasteiger partial charge < -0.3 is 9.84 Å². The van der Waals surface area contributed by atoms with Crippen LogP contribution in [0.2, 0.25) is 0 Å². The molecule has 2 rings (SSSR count). The number of phenols is 1. The van der Waals surface area contributed by atoms with Crippen LogP contribution in [0.1, 0.15) is 11.1 Å². The number of para-hydroxylation sites is 1. The van der Waals surface area contributed by atoms with Crippen molar-refractivity contribution in [2.24, 2.45) is 5.10 Å². The van der Waals surface area contributed by atoms with E-state index >= 15 is 0 Å². The minimum atomic E-state index is -3.65. The number of anilines is 1. The van der Waals surface area contributed by atoms with Gasteiger partial charge in [0.2, 0.25) is 10.0 Å². The molecule has 0 spiro atoms. The fraction of sp³-hybridized carbons (Fsp3) is 0.222. The largest absolute Gasteiger partial charge is 0.504 e. The first-order valence-corrected chi connectivity index (χ1v) is 9.79. The highest BCUT2D eigenvalue weighted by Gasteiger charge is 2.21. The zero-order valence-electron chi connectivity index (χ0n) is 15.2. The normalized spacial score (nSPS) is 11.4. The molecule has 0 saturated heterocycles. The number of amides is 1. The zero-order chi connectivity index (χ0) is 20.0. The van der Waals surface area contributed by atoms with Gasteiger partial charge in [-0.15, -0.1) is 0 Å². The Morgan fingerprint density at radius 3 is 2.63 bits per heavy atom. The lowest BCUT2D eigenvalue weighted by Gasteiger charge is -2.23. The summed E-state index contributed by atoms with van der Waals surface area (Å²) in [6.07, 6.45) is 2.40. The predicted molar refractivity (Wildman–Crippen MR) is 104 cm³/mol. The van der Waals surface area contributed by atoms with Gasteiger partial charge in [-0.2, -0.15) is 5.10 Å². The van der Waals surface area contributed by atoms with Crippen LogP contribution in [0.15, 0.2) is 47.6 Å². The number of carbonyl (C=O) groups excluding carboxylic acids is 1. The van der Waals surface area contributed by atoms with Gasteiger partial charge in [-0.3, -0.25) is 9.10 Å². The number of hydrogen-bond acceptors (Lipinski definition) is 6. The number of carbonyl (C=O) groups is 1. The summed E-state index contributed by atoms with van der Waals surface area (Å²) in [7, 11) is -2.23. The third-order valence-electron chi connectivity index (χ3n) is 3.68. The van der Waals surface area contributed by atoms with Gasteiger partial charge in [0.15, 0.2) is 11.5 Å². The molecule has 0 aliphatic heterocycles. The number of aryl methyl sites for hydroxylation is 1. The lowest BCUT2D eigenvalue weighted by Crippen LogP contribution is -2.39. The number of nitrogens with zero attached hydrogens (tertiary/aromatic N) is 2. The highest BCUT2D eigenvalue weighted by atomic mass is 32.2. The Morgan fingerprint density at radius 2 is 2.00 bits per heavy atom. The van der Waals surface area contributed by atoms with Crippen molar-refractivity contribution < 1.29 is 23.1 Å². The van der Waals surface area contributed by atoms with Crippen LogP contribution in [-0.2, 0) is 14.8 Å². The highest BCUT2D eigenvalue weighted by Crippen LogP contribution is 2.25. The molecule has 9 heteroatoms. The van der Waals surface area contributed by atoms with E-state index in [1.807, 2.05) is 0 Å². The van der Waals surface area contributed by atoms with Crippen LogP contribution < -0.4 is 14.5 Å². The fourth-order valence-electron chi connectivity index (χ4n) is 2.34. The number of phenolic OH excluding ortho intramolecular Hbond substituents is 1. The Bertz CT molecular complexity index is 957. The lowest BCUT2D eigenvalue weighted by molar-refractivity contribution is -0.119. The summed E-state index contributed by atoms with van der Waals surface area (Å²) in [5.74, 6) is -0.334. The summed E-state index contributed by atoms with van der Waals surface area (Å²) in [6, 6.07) is 11.5. The van der Waals surface area contributed by atoms with E-state index in [0.717, 1.165) is 16.1 Å². The molecule has 0 fully saturated rings. The van der Waals surface area contributed by atoms with E-state index in [-0.39, 0.29) is 11.5 Å². The van der Waals surface area contributed by atoms with Crippen LogP contribution in [-0.4, -0.2) is 45.6 Å².